The zero-order valence-electron chi connectivity index (χ0n) is 15.7. The molecule has 1 aliphatic rings. The molecule has 2 amide bonds. The molecule has 27 heavy (non-hydrogen) atoms. The highest BCUT2D eigenvalue weighted by molar-refractivity contribution is 5.88. The Labute approximate surface area is 158 Å². The Hall–Kier alpha value is -2.83. The van der Waals surface area contributed by atoms with Gasteiger partial charge < -0.3 is 9.88 Å². The van der Waals surface area contributed by atoms with E-state index < -0.39 is 0 Å². The summed E-state index contributed by atoms with van der Waals surface area (Å²) in [6, 6.07) is 9.85. The van der Waals surface area contributed by atoms with Crippen molar-refractivity contribution in [3.8, 4) is 0 Å². The van der Waals surface area contributed by atoms with E-state index in [2.05, 4.69) is 22.3 Å². The molecule has 1 aliphatic heterocycles. The molecule has 0 bridgehead atoms. The Morgan fingerprint density at radius 1 is 1.33 bits per heavy atom. The number of urea groups is 1. The SMILES string of the molecule is CCCCn1nccc1NC(=O)N1CCC[C@H](c2nc3ccccc3[nH]2)C1. The second-order valence-corrected chi connectivity index (χ2v) is 7.15. The molecule has 1 atom stereocenters. The summed E-state index contributed by atoms with van der Waals surface area (Å²) in [6.45, 7) is 4.41. The molecule has 2 aromatic heterocycles. The number of anilines is 1. The lowest BCUT2D eigenvalue weighted by atomic mass is 9.97. The minimum atomic E-state index is -0.0611. The predicted octanol–water partition coefficient (Wildman–Crippen LogP) is 3.97. The molecule has 4 rings (SSSR count). The number of aryl methyl sites for hydroxylation is 1. The van der Waals surface area contributed by atoms with Crippen LogP contribution in [0, 0.1) is 0 Å². The molecule has 142 valence electrons. The van der Waals surface area contributed by atoms with Gasteiger partial charge in [-0.3, -0.25) is 5.32 Å². The number of hydrogen-bond donors (Lipinski definition) is 2. The number of likely N-dealkylation sites (tertiary alicyclic amines) is 1. The van der Waals surface area contributed by atoms with E-state index in [0.29, 0.717) is 6.54 Å². The highest BCUT2D eigenvalue weighted by atomic mass is 16.2. The lowest BCUT2D eigenvalue weighted by Gasteiger charge is -2.31. The number of carbonyl (C=O) groups excluding carboxylic acids is 1. The van der Waals surface area contributed by atoms with Gasteiger partial charge in [0.1, 0.15) is 11.6 Å². The molecule has 7 heteroatoms. The summed E-state index contributed by atoms with van der Waals surface area (Å²) in [5, 5.41) is 7.33. The third-order valence-corrected chi connectivity index (χ3v) is 5.18. The molecule has 1 aromatic carbocycles. The Balaban J connectivity index is 1.43. The monoisotopic (exact) mass is 366 g/mol. The number of amides is 2. The minimum Gasteiger partial charge on any atom is -0.342 e. The quantitative estimate of drug-likeness (QED) is 0.717. The van der Waals surface area contributed by atoms with Gasteiger partial charge in [0, 0.05) is 31.6 Å². The first-order valence-electron chi connectivity index (χ1n) is 9.77. The standard InChI is InChI=1S/C20H26N6O/c1-2-3-13-26-18(10-11-21-26)24-20(27)25-12-6-7-15(14-25)19-22-16-8-4-5-9-17(16)23-19/h4-5,8-11,15H,2-3,6-7,12-14H2,1H3,(H,22,23)(H,24,27)/t15-/m0/s1. The first-order valence-corrected chi connectivity index (χ1v) is 9.77. The molecular weight excluding hydrogens is 340 g/mol. The molecule has 0 saturated carbocycles. The number of unbranched alkanes of at least 4 members (excludes halogenated alkanes) is 1. The fraction of sp³-hybridized carbons (Fsp3) is 0.450. The number of fused-ring (bicyclic) bond motifs is 1. The molecule has 7 nitrogen and oxygen atoms in total. The molecule has 0 aliphatic carbocycles. The molecule has 1 fully saturated rings. The molecule has 3 heterocycles. The zero-order valence-corrected chi connectivity index (χ0v) is 15.7. The third-order valence-electron chi connectivity index (χ3n) is 5.18. The van der Waals surface area contributed by atoms with E-state index in [4.69, 9.17) is 4.98 Å². The maximum atomic E-state index is 12.8. The Morgan fingerprint density at radius 3 is 3.07 bits per heavy atom. The first kappa shape index (κ1) is 17.6. The largest absolute Gasteiger partial charge is 0.342 e. The molecule has 0 unspecified atom stereocenters. The van der Waals surface area contributed by atoms with Crippen LogP contribution in [0.5, 0.6) is 0 Å². The van der Waals surface area contributed by atoms with Gasteiger partial charge in [0.05, 0.1) is 17.2 Å². The number of aromatic nitrogens is 4. The van der Waals surface area contributed by atoms with Crippen LogP contribution < -0.4 is 5.32 Å². The minimum absolute atomic E-state index is 0.0611. The van der Waals surface area contributed by atoms with Gasteiger partial charge in [0.2, 0.25) is 0 Å². The van der Waals surface area contributed by atoms with E-state index in [1.54, 1.807) is 6.20 Å². The summed E-state index contributed by atoms with van der Waals surface area (Å²) in [4.78, 5) is 22.8. The van der Waals surface area contributed by atoms with E-state index in [-0.39, 0.29) is 11.9 Å². The third kappa shape index (κ3) is 3.82. The highest BCUT2D eigenvalue weighted by Crippen LogP contribution is 2.27. The van der Waals surface area contributed by atoms with E-state index in [1.807, 2.05) is 39.9 Å². The van der Waals surface area contributed by atoms with Gasteiger partial charge in [-0.05, 0) is 31.4 Å². The number of hydrogen-bond acceptors (Lipinski definition) is 3. The van der Waals surface area contributed by atoms with Crippen LogP contribution in [-0.2, 0) is 6.54 Å². The summed E-state index contributed by atoms with van der Waals surface area (Å²) in [5.41, 5.74) is 2.03. The maximum Gasteiger partial charge on any atom is 0.323 e. The van der Waals surface area contributed by atoms with Crippen LogP contribution in [-0.4, -0.2) is 43.8 Å². The highest BCUT2D eigenvalue weighted by Gasteiger charge is 2.27. The number of carbonyl (C=O) groups is 1. The van der Waals surface area contributed by atoms with Crippen LogP contribution in [0.25, 0.3) is 11.0 Å². The zero-order chi connectivity index (χ0) is 18.6. The molecular formula is C20H26N6O. The van der Waals surface area contributed by atoms with Crippen molar-refractivity contribution in [1.82, 2.24) is 24.6 Å². The smallest absolute Gasteiger partial charge is 0.323 e. The topological polar surface area (TPSA) is 78.8 Å². The summed E-state index contributed by atoms with van der Waals surface area (Å²) >= 11 is 0. The number of imidazole rings is 1. The molecule has 2 N–H and O–H groups in total. The summed E-state index contributed by atoms with van der Waals surface area (Å²) in [6.07, 6.45) is 5.89. The van der Waals surface area contributed by atoms with Gasteiger partial charge in [0.25, 0.3) is 0 Å². The van der Waals surface area contributed by atoms with Crippen molar-refractivity contribution in [2.45, 2.75) is 45.1 Å². The molecule has 1 saturated heterocycles. The second-order valence-electron chi connectivity index (χ2n) is 7.15. The number of aromatic amines is 1. The van der Waals surface area contributed by atoms with Crippen LogP contribution in [0.1, 0.15) is 44.3 Å². The summed E-state index contributed by atoms with van der Waals surface area (Å²) < 4.78 is 1.86. The predicted molar refractivity (Wildman–Crippen MR) is 106 cm³/mol. The van der Waals surface area contributed by atoms with Crippen molar-refractivity contribution < 1.29 is 4.79 Å². The Kier molecular flexibility index (Phi) is 5.09. The lowest BCUT2D eigenvalue weighted by Crippen LogP contribution is -2.42. The second kappa shape index (κ2) is 7.82. The fourth-order valence-corrected chi connectivity index (χ4v) is 3.66. The molecule has 0 radical (unpaired) electrons. The summed E-state index contributed by atoms with van der Waals surface area (Å²) in [5.74, 6) is 1.97. The van der Waals surface area contributed by atoms with Crippen molar-refractivity contribution >= 4 is 22.9 Å². The van der Waals surface area contributed by atoms with Gasteiger partial charge in [-0.15, -0.1) is 0 Å². The van der Waals surface area contributed by atoms with Gasteiger partial charge in [-0.2, -0.15) is 5.10 Å². The van der Waals surface area contributed by atoms with Crippen molar-refractivity contribution in [2.24, 2.45) is 0 Å². The van der Waals surface area contributed by atoms with E-state index in [9.17, 15) is 4.79 Å². The lowest BCUT2D eigenvalue weighted by molar-refractivity contribution is 0.191. The number of nitrogens with one attached hydrogen (secondary N) is 2. The van der Waals surface area contributed by atoms with Gasteiger partial charge in [0.15, 0.2) is 0 Å². The van der Waals surface area contributed by atoms with Crippen LogP contribution in [0.4, 0.5) is 10.6 Å². The van der Waals surface area contributed by atoms with Crippen LogP contribution >= 0.6 is 0 Å². The van der Waals surface area contributed by atoms with Crippen molar-refractivity contribution in [3.63, 3.8) is 0 Å². The Bertz CT molecular complexity index is 881. The maximum absolute atomic E-state index is 12.8. The normalized spacial score (nSPS) is 17.4. The van der Waals surface area contributed by atoms with E-state index >= 15 is 0 Å². The van der Waals surface area contributed by atoms with Crippen LogP contribution in [0.15, 0.2) is 36.5 Å². The fourth-order valence-electron chi connectivity index (χ4n) is 3.66. The number of benzene rings is 1. The van der Waals surface area contributed by atoms with Crippen molar-refractivity contribution in [3.05, 3.63) is 42.4 Å². The van der Waals surface area contributed by atoms with Gasteiger partial charge >= 0.3 is 6.03 Å². The van der Waals surface area contributed by atoms with Crippen LogP contribution in [0.2, 0.25) is 0 Å². The van der Waals surface area contributed by atoms with Crippen molar-refractivity contribution in [1.29, 1.82) is 0 Å². The average molecular weight is 366 g/mol. The average Bonchev–Trinajstić information content (AvgIpc) is 3.33. The van der Waals surface area contributed by atoms with E-state index in [0.717, 1.165) is 61.4 Å². The van der Waals surface area contributed by atoms with E-state index in [1.165, 1.54) is 0 Å². The number of rotatable bonds is 5. The van der Waals surface area contributed by atoms with Crippen LogP contribution in [0.3, 0.4) is 0 Å². The Morgan fingerprint density at radius 2 is 2.22 bits per heavy atom. The summed E-state index contributed by atoms with van der Waals surface area (Å²) in [7, 11) is 0. The molecule has 0 spiro atoms. The number of nitrogens with zero attached hydrogens (tertiary/aromatic N) is 4. The first-order chi connectivity index (χ1) is 13.2. The molecule has 3 aromatic rings. The van der Waals surface area contributed by atoms with Gasteiger partial charge in [-0.25, -0.2) is 14.5 Å². The number of para-hydroxylation sites is 2. The number of H-pyrrole nitrogens is 1. The van der Waals surface area contributed by atoms with Crippen molar-refractivity contribution in [2.75, 3.05) is 18.4 Å². The number of piperidine rings is 1. The van der Waals surface area contributed by atoms with Gasteiger partial charge in [-0.1, -0.05) is 25.5 Å².